The van der Waals surface area contributed by atoms with Gasteiger partial charge in [0.2, 0.25) is 17.7 Å². The molecule has 3 aromatic heterocycles. The van der Waals surface area contributed by atoms with Gasteiger partial charge in [0.15, 0.2) is 11.4 Å². The maximum atomic E-state index is 13.5. The van der Waals surface area contributed by atoms with Crippen LogP contribution in [0.5, 0.6) is 0 Å². The molecule has 1 saturated carbocycles. The van der Waals surface area contributed by atoms with Crippen molar-refractivity contribution in [2.45, 2.75) is 51.0 Å². The number of nitrogens with two attached hydrogens (primary N) is 1. The van der Waals surface area contributed by atoms with Crippen LogP contribution in [0.1, 0.15) is 85.8 Å². The highest BCUT2D eigenvalue weighted by Gasteiger charge is 2.46. The zero-order valence-electron chi connectivity index (χ0n) is 37.5. The third kappa shape index (κ3) is 10.6. The maximum Gasteiger partial charge on any atom is 0.277 e. The standard InChI is InChI=1S/C48H53N11O9/c49-43(61)42-35(52-44(62)36-29-68-46(53-36)32-15-16-50-39(26-32)51-27-31-7-8-31)28-58(55-42)33-11-9-30(10-12-33)4-1-2-22-66-24-25-67-23-21-56-17-19-57(20-18-56)37-6-3-5-34-41(37)48(65)59(47(34)64)38-13-14-40(60)54-45(38)63/h3,5-6,9-12,15-16,26,28-29,31,38H,1-2,4,7-8,13-14,17-25,27H2,(H2,49,61)(H,50,51)(H,52,62)(H,54,60,63). The number of unbranched alkanes of at least 4 members (excludes halogenated alkanes) is 1. The Morgan fingerprint density at radius 2 is 1.69 bits per heavy atom. The van der Waals surface area contributed by atoms with Gasteiger partial charge < -0.3 is 35.2 Å². The fraction of sp³-hybridized carbons (Fsp3) is 0.396. The minimum atomic E-state index is -0.999. The fourth-order valence-corrected chi connectivity index (χ4v) is 8.54. The number of primary amides is 1. The molecular weight excluding hydrogens is 875 g/mol. The molecule has 2 aromatic carbocycles. The number of hydrogen-bond acceptors (Lipinski definition) is 15. The van der Waals surface area contributed by atoms with Gasteiger partial charge in [0.05, 0.1) is 54.2 Å². The predicted molar refractivity (Wildman–Crippen MR) is 247 cm³/mol. The molecule has 9 rings (SSSR count). The van der Waals surface area contributed by atoms with E-state index in [1.807, 2.05) is 36.4 Å². The minimum Gasteiger partial charge on any atom is -0.444 e. The van der Waals surface area contributed by atoms with Gasteiger partial charge in [0.25, 0.3) is 23.6 Å². The normalized spacial score (nSPS) is 17.4. The molecular formula is C48H53N11O9. The van der Waals surface area contributed by atoms with Crippen LogP contribution in [-0.2, 0) is 25.5 Å². The van der Waals surface area contributed by atoms with Gasteiger partial charge in [-0.25, -0.2) is 14.6 Å². The fourth-order valence-electron chi connectivity index (χ4n) is 8.54. The number of carbonyl (C=O) groups is 6. The summed E-state index contributed by atoms with van der Waals surface area (Å²) in [7, 11) is 0. The van der Waals surface area contributed by atoms with Crippen molar-refractivity contribution in [1.29, 1.82) is 0 Å². The Hall–Kier alpha value is -7.29. The summed E-state index contributed by atoms with van der Waals surface area (Å²) in [5, 5.41) is 12.6. The zero-order chi connectivity index (χ0) is 47.1. The Labute approximate surface area is 391 Å². The van der Waals surface area contributed by atoms with Gasteiger partial charge in [0, 0.05) is 64.1 Å². The third-order valence-electron chi connectivity index (χ3n) is 12.5. The van der Waals surface area contributed by atoms with E-state index >= 15 is 0 Å². The van der Waals surface area contributed by atoms with E-state index in [-0.39, 0.29) is 41.4 Å². The molecule has 3 aliphatic heterocycles. The van der Waals surface area contributed by atoms with Gasteiger partial charge >= 0.3 is 0 Å². The van der Waals surface area contributed by atoms with Gasteiger partial charge in [-0.05, 0) is 86.4 Å². The second kappa shape index (κ2) is 20.7. The summed E-state index contributed by atoms with van der Waals surface area (Å²) in [6, 6.07) is 15.5. The number of piperidine rings is 1. The first-order valence-corrected chi connectivity index (χ1v) is 23.0. The molecule has 4 aliphatic rings. The van der Waals surface area contributed by atoms with Crippen LogP contribution in [0.4, 0.5) is 17.2 Å². The van der Waals surface area contributed by atoms with Crippen LogP contribution in [0.3, 0.4) is 0 Å². The van der Waals surface area contributed by atoms with Crippen molar-refractivity contribution in [1.82, 2.24) is 34.9 Å². The lowest BCUT2D eigenvalue weighted by Gasteiger charge is -2.36. The van der Waals surface area contributed by atoms with E-state index in [1.54, 1.807) is 24.4 Å². The van der Waals surface area contributed by atoms with E-state index < -0.39 is 41.5 Å². The molecule has 1 unspecified atom stereocenters. The van der Waals surface area contributed by atoms with Crippen molar-refractivity contribution in [3.63, 3.8) is 0 Å². The number of carbonyl (C=O) groups excluding carboxylic acids is 6. The number of imide groups is 2. The third-order valence-corrected chi connectivity index (χ3v) is 12.5. The topological polar surface area (TPSA) is 249 Å². The number of rotatable bonds is 21. The largest absolute Gasteiger partial charge is 0.444 e. The average molecular weight is 928 g/mol. The Morgan fingerprint density at radius 3 is 2.46 bits per heavy atom. The molecule has 20 nitrogen and oxygen atoms in total. The van der Waals surface area contributed by atoms with Gasteiger partial charge in [-0.2, -0.15) is 5.10 Å². The molecule has 3 fully saturated rings. The monoisotopic (exact) mass is 927 g/mol. The van der Waals surface area contributed by atoms with Crippen molar-refractivity contribution < 1.29 is 42.7 Å². The van der Waals surface area contributed by atoms with Crippen LogP contribution in [0, 0.1) is 5.92 Å². The average Bonchev–Trinajstić information content (AvgIpc) is 3.75. The molecule has 5 aromatic rings. The molecule has 2 saturated heterocycles. The number of hydrogen-bond donors (Lipinski definition) is 4. The molecule has 68 heavy (non-hydrogen) atoms. The molecule has 1 atom stereocenters. The summed E-state index contributed by atoms with van der Waals surface area (Å²) in [5.41, 5.74) is 9.46. The highest BCUT2D eigenvalue weighted by atomic mass is 16.5. The van der Waals surface area contributed by atoms with Crippen LogP contribution in [0.2, 0.25) is 0 Å². The highest BCUT2D eigenvalue weighted by molar-refractivity contribution is 6.25. The van der Waals surface area contributed by atoms with Crippen molar-refractivity contribution in [2.75, 3.05) is 81.2 Å². The number of oxazole rings is 1. The summed E-state index contributed by atoms with van der Waals surface area (Å²) in [6.45, 7) is 6.60. The maximum absolute atomic E-state index is 13.5. The number of ether oxygens (including phenoxy) is 2. The molecule has 20 heteroatoms. The van der Waals surface area contributed by atoms with Crippen molar-refractivity contribution in [3.05, 3.63) is 101 Å². The second-order valence-corrected chi connectivity index (χ2v) is 17.3. The summed E-state index contributed by atoms with van der Waals surface area (Å²) in [5.74, 6) is -1.77. The van der Waals surface area contributed by atoms with E-state index in [0.717, 1.165) is 55.9 Å². The number of amides is 6. The van der Waals surface area contributed by atoms with Crippen molar-refractivity contribution in [2.24, 2.45) is 11.7 Å². The second-order valence-electron chi connectivity index (χ2n) is 17.3. The summed E-state index contributed by atoms with van der Waals surface area (Å²) < 4.78 is 18.8. The minimum absolute atomic E-state index is 0.0234. The van der Waals surface area contributed by atoms with Crippen LogP contribution in [0.25, 0.3) is 17.1 Å². The number of benzene rings is 2. The lowest BCUT2D eigenvalue weighted by atomic mass is 10.0. The van der Waals surface area contributed by atoms with Gasteiger partial charge in [-0.1, -0.05) is 18.2 Å². The molecule has 6 heterocycles. The highest BCUT2D eigenvalue weighted by Crippen LogP contribution is 2.35. The van der Waals surface area contributed by atoms with Crippen molar-refractivity contribution in [3.8, 4) is 17.1 Å². The number of fused-ring (bicyclic) bond motifs is 1. The quantitative estimate of drug-likeness (QED) is 0.0606. The van der Waals surface area contributed by atoms with Gasteiger partial charge in [-0.15, -0.1) is 0 Å². The lowest BCUT2D eigenvalue weighted by Crippen LogP contribution is -2.54. The summed E-state index contributed by atoms with van der Waals surface area (Å²) in [4.78, 5) is 90.6. The first-order chi connectivity index (χ1) is 33.1. The number of aryl methyl sites for hydroxylation is 1. The first kappa shape index (κ1) is 45.8. The molecule has 0 spiro atoms. The van der Waals surface area contributed by atoms with E-state index in [2.05, 4.69) is 40.8 Å². The predicted octanol–water partition coefficient (Wildman–Crippen LogP) is 3.67. The van der Waals surface area contributed by atoms with Gasteiger partial charge in [0.1, 0.15) is 18.1 Å². The Kier molecular flexibility index (Phi) is 14.0. The first-order valence-electron chi connectivity index (χ1n) is 23.0. The Balaban J connectivity index is 0.652. The van der Waals surface area contributed by atoms with E-state index in [0.29, 0.717) is 73.8 Å². The molecule has 1 aliphatic carbocycles. The molecule has 354 valence electrons. The summed E-state index contributed by atoms with van der Waals surface area (Å²) >= 11 is 0. The Bertz CT molecular complexity index is 2690. The van der Waals surface area contributed by atoms with E-state index in [4.69, 9.17) is 19.6 Å². The number of anilines is 3. The van der Waals surface area contributed by atoms with Crippen LogP contribution >= 0.6 is 0 Å². The molecule has 0 radical (unpaired) electrons. The zero-order valence-corrected chi connectivity index (χ0v) is 37.5. The molecule has 5 N–H and O–H groups in total. The number of piperazine rings is 1. The van der Waals surface area contributed by atoms with Crippen molar-refractivity contribution >= 4 is 52.6 Å². The number of pyridine rings is 1. The molecule has 0 bridgehead atoms. The lowest BCUT2D eigenvalue weighted by molar-refractivity contribution is -0.136. The smallest absolute Gasteiger partial charge is 0.277 e. The SMILES string of the molecule is NC(=O)c1nn(-c2ccc(CCCCOCCOCCN3CCN(c4cccc5c4C(=O)N(C4CCC(=O)NC4=O)C5=O)CC3)cc2)cc1NC(=O)c1coc(-c2ccnc(NCC3CC3)c2)n1. The van der Waals surface area contributed by atoms with Gasteiger partial charge in [-0.3, -0.25) is 43.9 Å². The number of aromatic nitrogens is 4. The Morgan fingerprint density at radius 1 is 0.897 bits per heavy atom. The molecule has 6 amide bonds. The van der Waals surface area contributed by atoms with Crippen LogP contribution < -0.4 is 26.6 Å². The number of nitrogens with one attached hydrogen (secondary N) is 3. The number of nitrogens with zero attached hydrogens (tertiary/aromatic N) is 7. The summed E-state index contributed by atoms with van der Waals surface area (Å²) in [6.07, 6.45) is 9.72. The van der Waals surface area contributed by atoms with E-state index in [1.165, 1.54) is 30.0 Å². The van der Waals surface area contributed by atoms with Crippen LogP contribution in [-0.4, -0.2) is 137 Å². The van der Waals surface area contributed by atoms with E-state index in [9.17, 15) is 28.8 Å². The van der Waals surface area contributed by atoms with Crippen LogP contribution in [0.15, 0.2) is 77.7 Å².